The Kier molecular flexibility index (Phi) is 6.10. The van der Waals surface area contributed by atoms with Crippen LogP contribution in [0, 0.1) is 5.92 Å². The molecule has 1 aliphatic heterocycles. The van der Waals surface area contributed by atoms with Crippen molar-refractivity contribution in [3.63, 3.8) is 0 Å². The third-order valence-corrected chi connectivity index (χ3v) is 3.48. The maximum Gasteiger partial charge on any atom is 0.243 e. The molecule has 1 saturated heterocycles. The molecule has 1 aliphatic rings. The van der Waals surface area contributed by atoms with Crippen LogP contribution in [-0.4, -0.2) is 37.5 Å². The number of ether oxygens (including phenoxy) is 1. The largest absolute Gasteiger partial charge is 0.381 e. The molecule has 1 heterocycles. The molecule has 0 unspecified atom stereocenters. The van der Waals surface area contributed by atoms with Crippen molar-refractivity contribution in [3.05, 3.63) is 24.3 Å². The van der Waals surface area contributed by atoms with Gasteiger partial charge in [-0.05, 0) is 31.0 Å². The van der Waals surface area contributed by atoms with Crippen LogP contribution in [0.1, 0.15) is 19.8 Å². The lowest BCUT2D eigenvalue weighted by Crippen LogP contribution is -2.38. The molecule has 0 spiro atoms. The molecule has 0 bridgehead atoms. The number of benzene rings is 1. The number of carbonyl (C=O) groups is 3. The van der Waals surface area contributed by atoms with Crippen LogP contribution in [0.2, 0.25) is 0 Å². The van der Waals surface area contributed by atoms with Gasteiger partial charge in [0, 0.05) is 37.4 Å². The predicted octanol–water partition coefficient (Wildman–Crippen LogP) is 1.13. The van der Waals surface area contributed by atoms with Crippen molar-refractivity contribution >= 4 is 29.1 Å². The van der Waals surface area contributed by atoms with Crippen LogP contribution in [0.3, 0.4) is 0 Å². The maximum atomic E-state index is 11.9. The van der Waals surface area contributed by atoms with Crippen LogP contribution < -0.4 is 16.0 Å². The van der Waals surface area contributed by atoms with Gasteiger partial charge in [-0.15, -0.1) is 0 Å². The van der Waals surface area contributed by atoms with Crippen LogP contribution in [0.5, 0.6) is 0 Å². The average Bonchev–Trinajstić information content (AvgIpc) is 2.53. The van der Waals surface area contributed by atoms with Gasteiger partial charge in [-0.1, -0.05) is 6.07 Å². The Morgan fingerprint density at radius 1 is 1.13 bits per heavy atom. The van der Waals surface area contributed by atoms with E-state index in [1.165, 1.54) is 6.92 Å². The third-order valence-electron chi connectivity index (χ3n) is 3.48. The second kappa shape index (κ2) is 8.28. The molecule has 0 radical (unpaired) electrons. The van der Waals surface area contributed by atoms with Gasteiger partial charge in [0.05, 0.1) is 6.54 Å². The van der Waals surface area contributed by atoms with Crippen molar-refractivity contribution < 1.29 is 19.1 Å². The van der Waals surface area contributed by atoms with Gasteiger partial charge in [0.1, 0.15) is 0 Å². The maximum absolute atomic E-state index is 11.9. The van der Waals surface area contributed by atoms with Gasteiger partial charge in [-0.2, -0.15) is 0 Å². The quantitative estimate of drug-likeness (QED) is 0.758. The number of amides is 3. The molecule has 7 nitrogen and oxygen atoms in total. The van der Waals surface area contributed by atoms with E-state index in [-0.39, 0.29) is 30.2 Å². The molecule has 2 rings (SSSR count). The number of nitrogens with one attached hydrogen (secondary N) is 3. The number of rotatable bonds is 5. The van der Waals surface area contributed by atoms with Gasteiger partial charge in [0.2, 0.25) is 17.7 Å². The van der Waals surface area contributed by atoms with E-state index >= 15 is 0 Å². The van der Waals surface area contributed by atoms with E-state index in [0.717, 1.165) is 0 Å². The molecule has 1 aromatic carbocycles. The van der Waals surface area contributed by atoms with Gasteiger partial charge < -0.3 is 20.7 Å². The molecule has 0 atom stereocenters. The zero-order valence-electron chi connectivity index (χ0n) is 13.1. The highest BCUT2D eigenvalue weighted by Gasteiger charge is 2.21. The summed E-state index contributed by atoms with van der Waals surface area (Å²) in [5, 5.41) is 7.97. The Morgan fingerprint density at radius 2 is 1.78 bits per heavy atom. The smallest absolute Gasteiger partial charge is 0.243 e. The van der Waals surface area contributed by atoms with Crippen molar-refractivity contribution in [2.75, 3.05) is 30.4 Å². The molecule has 124 valence electrons. The lowest BCUT2D eigenvalue weighted by molar-refractivity contribution is -0.129. The fourth-order valence-electron chi connectivity index (χ4n) is 2.35. The van der Waals surface area contributed by atoms with Crippen LogP contribution in [0.15, 0.2) is 24.3 Å². The predicted molar refractivity (Wildman–Crippen MR) is 85.9 cm³/mol. The second-order valence-corrected chi connectivity index (χ2v) is 5.41. The molecule has 3 amide bonds. The standard InChI is InChI=1S/C16H21N3O4/c1-11(20)18-13-3-2-4-14(9-13)19-15(21)10-17-16(22)12-5-7-23-8-6-12/h2-4,9,12H,5-8,10H2,1H3,(H,17,22)(H,18,20)(H,19,21). The lowest BCUT2D eigenvalue weighted by Gasteiger charge is -2.21. The minimum absolute atomic E-state index is 0.0828. The van der Waals surface area contributed by atoms with Crippen LogP contribution in [-0.2, 0) is 19.1 Å². The highest BCUT2D eigenvalue weighted by molar-refractivity contribution is 5.96. The molecule has 0 saturated carbocycles. The van der Waals surface area contributed by atoms with E-state index in [1.54, 1.807) is 24.3 Å². The average molecular weight is 319 g/mol. The van der Waals surface area contributed by atoms with Gasteiger partial charge in [-0.25, -0.2) is 0 Å². The summed E-state index contributed by atoms with van der Waals surface area (Å²) in [4.78, 5) is 34.9. The molecule has 3 N–H and O–H groups in total. The van der Waals surface area contributed by atoms with Crippen LogP contribution in [0.4, 0.5) is 11.4 Å². The van der Waals surface area contributed by atoms with Crippen molar-refractivity contribution in [2.45, 2.75) is 19.8 Å². The molecule has 1 aromatic rings. The molecular weight excluding hydrogens is 298 g/mol. The first kappa shape index (κ1) is 17.0. The summed E-state index contributed by atoms with van der Waals surface area (Å²) >= 11 is 0. The topological polar surface area (TPSA) is 96.5 Å². The highest BCUT2D eigenvalue weighted by Crippen LogP contribution is 2.15. The highest BCUT2D eigenvalue weighted by atomic mass is 16.5. The van der Waals surface area contributed by atoms with Gasteiger partial charge in [-0.3, -0.25) is 14.4 Å². The molecule has 0 aromatic heterocycles. The summed E-state index contributed by atoms with van der Waals surface area (Å²) < 4.78 is 5.20. The number of hydrogen-bond donors (Lipinski definition) is 3. The van der Waals surface area contributed by atoms with Crippen molar-refractivity contribution in [3.8, 4) is 0 Å². The Labute approximate surface area is 134 Å². The second-order valence-electron chi connectivity index (χ2n) is 5.41. The summed E-state index contributed by atoms with van der Waals surface area (Å²) in [5.74, 6) is -0.697. The first-order valence-electron chi connectivity index (χ1n) is 7.57. The molecule has 7 heteroatoms. The fraction of sp³-hybridized carbons (Fsp3) is 0.438. The van der Waals surface area contributed by atoms with E-state index in [2.05, 4.69) is 16.0 Å². The van der Waals surface area contributed by atoms with Crippen LogP contribution in [0.25, 0.3) is 0 Å². The Balaban J connectivity index is 1.80. The Morgan fingerprint density at radius 3 is 2.43 bits per heavy atom. The number of hydrogen-bond acceptors (Lipinski definition) is 4. The first-order valence-corrected chi connectivity index (χ1v) is 7.57. The van der Waals surface area contributed by atoms with Gasteiger partial charge in [0.25, 0.3) is 0 Å². The minimum Gasteiger partial charge on any atom is -0.381 e. The molecule has 0 aliphatic carbocycles. The van der Waals surface area contributed by atoms with Crippen LogP contribution >= 0.6 is 0 Å². The zero-order chi connectivity index (χ0) is 16.7. The summed E-state index contributed by atoms with van der Waals surface area (Å²) in [6.07, 6.45) is 1.37. The van der Waals surface area contributed by atoms with E-state index in [1.807, 2.05) is 0 Å². The fourth-order valence-corrected chi connectivity index (χ4v) is 2.35. The van der Waals surface area contributed by atoms with E-state index in [9.17, 15) is 14.4 Å². The first-order chi connectivity index (χ1) is 11.0. The molecule has 1 fully saturated rings. The summed E-state index contributed by atoms with van der Waals surface area (Å²) in [6.45, 7) is 2.50. The van der Waals surface area contributed by atoms with E-state index in [0.29, 0.717) is 37.4 Å². The summed E-state index contributed by atoms with van der Waals surface area (Å²) in [6, 6.07) is 6.81. The minimum atomic E-state index is -0.314. The zero-order valence-corrected chi connectivity index (χ0v) is 13.1. The van der Waals surface area contributed by atoms with E-state index < -0.39 is 0 Å². The summed E-state index contributed by atoms with van der Waals surface area (Å²) in [7, 11) is 0. The summed E-state index contributed by atoms with van der Waals surface area (Å²) in [5.41, 5.74) is 1.16. The van der Waals surface area contributed by atoms with Crippen molar-refractivity contribution in [1.82, 2.24) is 5.32 Å². The van der Waals surface area contributed by atoms with Gasteiger partial charge >= 0.3 is 0 Å². The normalized spacial score (nSPS) is 14.8. The third kappa shape index (κ3) is 5.71. The molecular formula is C16H21N3O4. The Hall–Kier alpha value is -2.41. The Bertz CT molecular complexity index is 582. The van der Waals surface area contributed by atoms with Gasteiger partial charge in [0.15, 0.2) is 0 Å². The monoisotopic (exact) mass is 319 g/mol. The lowest BCUT2D eigenvalue weighted by atomic mass is 9.99. The van der Waals surface area contributed by atoms with Crippen molar-refractivity contribution in [2.24, 2.45) is 5.92 Å². The number of carbonyl (C=O) groups excluding carboxylic acids is 3. The van der Waals surface area contributed by atoms with Crippen molar-refractivity contribution in [1.29, 1.82) is 0 Å². The SMILES string of the molecule is CC(=O)Nc1cccc(NC(=O)CNC(=O)C2CCOCC2)c1. The number of anilines is 2. The van der Waals surface area contributed by atoms with E-state index in [4.69, 9.17) is 4.74 Å². The molecule has 23 heavy (non-hydrogen) atoms.